The minimum absolute atomic E-state index is 0.0801. The monoisotopic (exact) mass is 278 g/mol. The van der Waals surface area contributed by atoms with Crippen LogP contribution >= 0.6 is 12.2 Å². The Kier molecular flexibility index (Phi) is 3.45. The van der Waals surface area contributed by atoms with Gasteiger partial charge in [0.15, 0.2) is 0 Å². The van der Waals surface area contributed by atoms with Crippen molar-refractivity contribution in [3.63, 3.8) is 0 Å². The first-order valence-corrected chi connectivity index (χ1v) is 6.53. The zero-order chi connectivity index (χ0) is 14.2. The van der Waals surface area contributed by atoms with E-state index in [1.54, 1.807) is 23.4 Å². The van der Waals surface area contributed by atoms with E-state index in [-0.39, 0.29) is 5.91 Å². The molecule has 2 heterocycles. The SMILES string of the molecule is CN1CCN(c2cnccc2C(N)=S)C(C)(C)C1=O. The van der Waals surface area contributed by atoms with Gasteiger partial charge in [-0.15, -0.1) is 0 Å². The molecular weight excluding hydrogens is 260 g/mol. The molecule has 0 aliphatic carbocycles. The first-order chi connectivity index (χ1) is 8.85. The zero-order valence-electron chi connectivity index (χ0n) is 11.4. The number of anilines is 1. The summed E-state index contributed by atoms with van der Waals surface area (Å²) in [5.74, 6) is 0.0801. The quantitative estimate of drug-likeness (QED) is 0.810. The van der Waals surface area contributed by atoms with Gasteiger partial charge in [-0.1, -0.05) is 12.2 Å². The molecule has 1 saturated heterocycles. The predicted octanol–water partition coefficient (Wildman–Crippen LogP) is 0.773. The Balaban J connectivity index is 2.47. The molecule has 1 aromatic heterocycles. The number of carbonyl (C=O) groups excluding carboxylic acids is 1. The highest BCUT2D eigenvalue weighted by molar-refractivity contribution is 7.80. The fourth-order valence-corrected chi connectivity index (χ4v) is 2.62. The fourth-order valence-electron chi connectivity index (χ4n) is 2.44. The summed E-state index contributed by atoms with van der Waals surface area (Å²) >= 11 is 5.07. The smallest absolute Gasteiger partial charge is 0.247 e. The lowest BCUT2D eigenvalue weighted by atomic mass is 9.96. The van der Waals surface area contributed by atoms with Crippen LogP contribution in [-0.2, 0) is 4.79 Å². The summed E-state index contributed by atoms with van der Waals surface area (Å²) in [7, 11) is 1.82. The van der Waals surface area contributed by atoms with Crippen molar-refractivity contribution < 1.29 is 4.79 Å². The molecule has 102 valence electrons. The van der Waals surface area contributed by atoms with Gasteiger partial charge in [0.2, 0.25) is 5.91 Å². The molecule has 1 aromatic rings. The summed E-state index contributed by atoms with van der Waals surface area (Å²) in [5.41, 5.74) is 6.70. The molecule has 0 atom stereocenters. The summed E-state index contributed by atoms with van der Waals surface area (Å²) in [6.45, 7) is 5.22. The number of rotatable bonds is 2. The molecule has 5 nitrogen and oxygen atoms in total. The Morgan fingerprint density at radius 3 is 2.79 bits per heavy atom. The maximum atomic E-state index is 12.3. The maximum Gasteiger partial charge on any atom is 0.247 e. The van der Waals surface area contributed by atoms with Crippen molar-refractivity contribution >= 4 is 28.8 Å². The normalized spacial score (nSPS) is 18.6. The molecular formula is C13H18N4OS. The summed E-state index contributed by atoms with van der Waals surface area (Å²) < 4.78 is 0. The van der Waals surface area contributed by atoms with Gasteiger partial charge in [-0.2, -0.15) is 0 Å². The molecule has 0 spiro atoms. The Labute approximate surface area is 118 Å². The van der Waals surface area contributed by atoms with E-state index < -0.39 is 5.54 Å². The van der Waals surface area contributed by atoms with E-state index in [9.17, 15) is 4.79 Å². The van der Waals surface area contributed by atoms with Gasteiger partial charge in [-0.3, -0.25) is 9.78 Å². The maximum absolute atomic E-state index is 12.3. The van der Waals surface area contributed by atoms with Gasteiger partial charge in [0, 0.05) is 31.9 Å². The minimum atomic E-state index is -0.629. The van der Waals surface area contributed by atoms with Crippen LogP contribution in [0.4, 0.5) is 5.69 Å². The second kappa shape index (κ2) is 4.77. The number of thiocarbonyl (C=S) groups is 1. The molecule has 2 rings (SSSR count). The number of nitrogens with zero attached hydrogens (tertiary/aromatic N) is 3. The van der Waals surface area contributed by atoms with Crippen LogP contribution < -0.4 is 10.6 Å². The molecule has 19 heavy (non-hydrogen) atoms. The average Bonchev–Trinajstić information content (AvgIpc) is 2.36. The van der Waals surface area contributed by atoms with Gasteiger partial charge >= 0.3 is 0 Å². The van der Waals surface area contributed by atoms with Crippen LogP contribution in [0.2, 0.25) is 0 Å². The van der Waals surface area contributed by atoms with Crippen LogP contribution in [-0.4, -0.2) is 46.5 Å². The van der Waals surface area contributed by atoms with Gasteiger partial charge in [-0.25, -0.2) is 0 Å². The van der Waals surface area contributed by atoms with E-state index in [0.717, 1.165) is 17.8 Å². The number of hydrogen-bond acceptors (Lipinski definition) is 4. The van der Waals surface area contributed by atoms with Crippen molar-refractivity contribution in [1.29, 1.82) is 0 Å². The van der Waals surface area contributed by atoms with Crippen molar-refractivity contribution in [2.75, 3.05) is 25.0 Å². The summed E-state index contributed by atoms with van der Waals surface area (Å²) in [5, 5.41) is 0. The first kappa shape index (κ1) is 13.7. The highest BCUT2D eigenvalue weighted by Gasteiger charge is 2.41. The molecule has 1 aliphatic heterocycles. The van der Waals surface area contributed by atoms with Crippen LogP contribution in [0.25, 0.3) is 0 Å². The molecule has 1 aliphatic rings. The summed E-state index contributed by atoms with van der Waals surface area (Å²) in [6, 6.07) is 1.79. The summed E-state index contributed by atoms with van der Waals surface area (Å²) in [6.07, 6.45) is 3.37. The summed E-state index contributed by atoms with van der Waals surface area (Å²) in [4.78, 5) is 20.5. The third-order valence-corrected chi connectivity index (χ3v) is 3.78. The Bertz CT molecular complexity index is 529. The number of aromatic nitrogens is 1. The van der Waals surface area contributed by atoms with Crippen LogP contribution in [0.5, 0.6) is 0 Å². The molecule has 6 heteroatoms. The zero-order valence-corrected chi connectivity index (χ0v) is 12.2. The van der Waals surface area contributed by atoms with Crippen LogP contribution in [0, 0.1) is 0 Å². The van der Waals surface area contributed by atoms with Crippen molar-refractivity contribution in [3.8, 4) is 0 Å². The van der Waals surface area contributed by atoms with Gasteiger partial charge in [-0.05, 0) is 19.9 Å². The minimum Gasteiger partial charge on any atom is -0.389 e. The van der Waals surface area contributed by atoms with Crippen molar-refractivity contribution in [2.45, 2.75) is 19.4 Å². The number of amides is 1. The third kappa shape index (κ3) is 2.28. The van der Waals surface area contributed by atoms with Crippen LogP contribution in [0.1, 0.15) is 19.4 Å². The highest BCUT2D eigenvalue weighted by Crippen LogP contribution is 2.30. The number of nitrogens with two attached hydrogens (primary N) is 1. The molecule has 0 unspecified atom stereocenters. The molecule has 1 amide bonds. The first-order valence-electron chi connectivity index (χ1n) is 6.12. The molecule has 0 radical (unpaired) electrons. The van der Waals surface area contributed by atoms with E-state index in [0.29, 0.717) is 11.5 Å². The van der Waals surface area contributed by atoms with Crippen molar-refractivity contribution in [2.24, 2.45) is 5.73 Å². The highest BCUT2D eigenvalue weighted by atomic mass is 32.1. The van der Waals surface area contributed by atoms with Crippen molar-refractivity contribution in [1.82, 2.24) is 9.88 Å². The largest absolute Gasteiger partial charge is 0.389 e. The lowest BCUT2D eigenvalue weighted by molar-refractivity contribution is -0.136. The Morgan fingerprint density at radius 1 is 1.47 bits per heavy atom. The number of piperazine rings is 1. The Hall–Kier alpha value is -1.69. The topological polar surface area (TPSA) is 62.5 Å². The van der Waals surface area contributed by atoms with E-state index in [4.69, 9.17) is 18.0 Å². The van der Waals surface area contributed by atoms with Gasteiger partial charge in [0.25, 0.3) is 0 Å². The molecule has 1 fully saturated rings. The molecule has 0 bridgehead atoms. The number of hydrogen-bond donors (Lipinski definition) is 1. The number of pyridine rings is 1. The Morgan fingerprint density at radius 2 is 2.16 bits per heavy atom. The van der Waals surface area contributed by atoms with E-state index >= 15 is 0 Å². The third-order valence-electron chi connectivity index (χ3n) is 3.56. The molecule has 0 aromatic carbocycles. The number of carbonyl (C=O) groups is 1. The van der Waals surface area contributed by atoms with E-state index in [2.05, 4.69) is 4.98 Å². The average molecular weight is 278 g/mol. The second-order valence-corrected chi connectivity index (χ2v) is 5.63. The molecule has 2 N–H and O–H groups in total. The van der Waals surface area contributed by atoms with Gasteiger partial charge in [0.1, 0.15) is 10.5 Å². The van der Waals surface area contributed by atoms with E-state index in [1.807, 2.05) is 25.8 Å². The fraction of sp³-hybridized carbons (Fsp3) is 0.462. The number of likely N-dealkylation sites (N-methyl/N-ethyl adjacent to an activating group) is 1. The predicted molar refractivity (Wildman–Crippen MR) is 79.2 cm³/mol. The van der Waals surface area contributed by atoms with Gasteiger partial charge in [0.05, 0.1) is 11.9 Å². The second-order valence-electron chi connectivity index (χ2n) is 5.19. The van der Waals surface area contributed by atoms with E-state index in [1.165, 1.54) is 0 Å². The molecule has 0 saturated carbocycles. The van der Waals surface area contributed by atoms with Crippen molar-refractivity contribution in [3.05, 3.63) is 24.0 Å². The van der Waals surface area contributed by atoms with Gasteiger partial charge < -0.3 is 15.5 Å². The van der Waals surface area contributed by atoms with Crippen LogP contribution in [0.15, 0.2) is 18.5 Å². The van der Waals surface area contributed by atoms with Crippen LogP contribution in [0.3, 0.4) is 0 Å². The lowest BCUT2D eigenvalue weighted by Crippen LogP contribution is -2.62. The standard InChI is InChI=1S/C13H18N4OS/c1-13(2)12(18)16(3)6-7-17(13)10-8-15-5-4-9(10)11(14)19/h4-5,8H,6-7H2,1-3H3,(H2,14,19). The lowest BCUT2D eigenvalue weighted by Gasteiger charge is -2.46.